The summed E-state index contributed by atoms with van der Waals surface area (Å²) in [4.78, 5) is 22.4. The first-order valence-electron chi connectivity index (χ1n) is 15.4. The van der Waals surface area contributed by atoms with E-state index in [-0.39, 0.29) is 11.4 Å². The summed E-state index contributed by atoms with van der Waals surface area (Å²) in [7, 11) is 0. The monoisotopic (exact) mass is 599 g/mol. The standard InChI is InChI=1S/C33H38ClN7O2/c34-26-9-7-25(8-10-26)33(43)16-22-39(23-17-33)28-4-1-20-41-29(28)37-31(38-41)36-27-11-5-24(6-12-27)30(42)40-19-3-14-32(15-21-40)13-2-18-35-32/h1,4-12,20,35,43H,2-3,13-19,21-23H2,(H,36,38). The van der Waals surface area contributed by atoms with Gasteiger partial charge in [-0.3, -0.25) is 4.79 Å². The van der Waals surface area contributed by atoms with Crippen LogP contribution in [0, 0.1) is 0 Å². The Kier molecular flexibility index (Phi) is 7.49. The molecular formula is C33H38ClN7O2. The van der Waals surface area contributed by atoms with E-state index < -0.39 is 5.60 Å². The van der Waals surface area contributed by atoms with Gasteiger partial charge in [0.2, 0.25) is 5.95 Å². The number of carbonyl (C=O) groups is 1. The molecule has 0 radical (unpaired) electrons. The third-order valence-corrected chi connectivity index (χ3v) is 9.86. The van der Waals surface area contributed by atoms with Gasteiger partial charge in [-0.25, -0.2) is 4.52 Å². The third kappa shape index (κ3) is 5.69. The lowest BCUT2D eigenvalue weighted by Crippen LogP contribution is -2.42. The highest BCUT2D eigenvalue weighted by atomic mass is 35.5. The SMILES string of the molecule is O=C(c1ccc(Nc2nc3c(N4CCC(O)(c5ccc(Cl)cc5)CC4)cccn3n2)cc1)N1CCCC2(CCCN2)CC1. The molecule has 5 heterocycles. The van der Waals surface area contributed by atoms with Crippen LogP contribution in [-0.2, 0) is 5.60 Å². The number of piperidine rings is 1. The molecule has 2 aromatic carbocycles. The van der Waals surface area contributed by atoms with Gasteiger partial charge in [0.05, 0.1) is 11.3 Å². The molecule has 3 fully saturated rings. The van der Waals surface area contributed by atoms with Gasteiger partial charge in [0.25, 0.3) is 5.91 Å². The first-order chi connectivity index (χ1) is 20.9. The van der Waals surface area contributed by atoms with Crippen molar-refractivity contribution in [1.82, 2.24) is 24.8 Å². The lowest BCUT2D eigenvalue weighted by molar-refractivity contribution is 0.0118. The zero-order chi connectivity index (χ0) is 29.4. The molecule has 4 aromatic rings. The predicted octanol–water partition coefficient (Wildman–Crippen LogP) is 5.36. The lowest BCUT2D eigenvalue weighted by Gasteiger charge is -2.39. The summed E-state index contributed by atoms with van der Waals surface area (Å²) in [5.41, 5.74) is 3.53. The number of fused-ring (bicyclic) bond motifs is 1. The summed E-state index contributed by atoms with van der Waals surface area (Å²) < 4.78 is 1.78. The first-order valence-corrected chi connectivity index (χ1v) is 15.8. The van der Waals surface area contributed by atoms with Crippen molar-refractivity contribution in [2.75, 3.05) is 42.9 Å². The number of benzene rings is 2. The number of anilines is 3. The summed E-state index contributed by atoms with van der Waals surface area (Å²) in [5.74, 6) is 0.588. The number of likely N-dealkylation sites (tertiary alicyclic amines) is 1. The lowest BCUT2D eigenvalue weighted by atomic mass is 9.84. The third-order valence-electron chi connectivity index (χ3n) is 9.61. The molecule has 0 bridgehead atoms. The second-order valence-corrected chi connectivity index (χ2v) is 12.7. The van der Waals surface area contributed by atoms with Crippen LogP contribution in [0.15, 0.2) is 66.9 Å². The van der Waals surface area contributed by atoms with E-state index in [4.69, 9.17) is 16.6 Å². The zero-order valence-corrected chi connectivity index (χ0v) is 25.1. The van der Waals surface area contributed by atoms with Crippen LogP contribution < -0.4 is 15.5 Å². The van der Waals surface area contributed by atoms with Crippen LogP contribution in [-0.4, -0.2) is 68.8 Å². The Morgan fingerprint density at radius 3 is 2.42 bits per heavy atom. The van der Waals surface area contributed by atoms with Crippen LogP contribution in [0.25, 0.3) is 5.65 Å². The maximum atomic E-state index is 13.3. The summed E-state index contributed by atoms with van der Waals surface area (Å²) in [6.45, 7) is 4.10. The van der Waals surface area contributed by atoms with Crippen molar-refractivity contribution in [2.24, 2.45) is 0 Å². The topological polar surface area (TPSA) is 98.0 Å². The van der Waals surface area contributed by atoms with Crippen LogP contribution in [0.1, 0.15) is 60.9 Å². The number of aliphatic hydroxyl groups is 1. The Hall–Kier alpha value is -3.66. The minimum Gasteiger partial charge on any atom is -0.385 e. The molecule has 2 aromatic heterocycles. The van der Waals surface area contributed by atoms with Gasteiger partial charge in [0.1, 0.15) is 0 Å². The van der Waals surface area contributed by atoms with Crippen molar-refractivity contribution < 1.29 is 9.90 Å². The summed E-state index contributed by atoms with van der Waals surface area (Å²) in [5, 5.41) is 23.7. The first kappa shape index (κ1) is 28.1. The quantitative estimate of drug-likeness (QED) is 0.284. The molecule has 1 amide bonds. The highest BCUT2D eigenvalue weighted by Crippen LogP contribution is 2.36. The molecule has 1 spiro atoms. The molecule has 1 unspecified atom stereocenters. The number of nitrogens with one attached hydrogen (secondary N) is 2. The molecule has 1 atom stereocenters. The Morgan fingerprint density at radius 2 is 1.67 bits per heavy atom. The van der Waals surface area contributed by atoms with Gasteiger partial charge in [-0.1, -0.05) is 23.7 Å². The highest BCUT2D eigenvalue weighted by molar-refractivity contribution is 6.30. The van der Waals surface area contributed by atoms with Crippen LogP contribution in [0.4, 0.5) is 17.3 Å². The summed E-state index contributed by atoms with van der Waals surface area (Å²) >= 11 is 6.05. The number of rotatable bonds is 5. The van der Waals surface area contributed by atoms with Gasteiger partial charge in [-0.05, 0) is 106 Å². The number of amides is 1. The van der Waals surface area contributed by atoms with E-state index in [9.17, 15) is 9.90 Å². The van der Waals surface area contributed by atoms with Crippen LogP contribution in [0.3, 0.4) is 0 Å². The molecule has 3 aliphatic rings. The van der Waals surface area contributed by atoms with Gasteiger partial charge in [0.15, 0.2) is 5.65 Å². The predicted molar refractivity (Wildman–Crippen MR) is 169 cm³/mol. The van der Waals surface area contributed by atoms with Crippen LogP contribution in [0.5, 0.6) is 0 Å². The normalized spacial score (nSPS) is 22.2. The molecule has 9 nitrogen and oxygen atoms in total. The fraction of sp³-hybridized carbons (Fsp3) is 0.424. The molecule has 7 rings (SSSR count). The number of halogens is 1. The van der Waals surface area contributed by atoms with E-state index in [1.165, 1.54) is 12.8 Å². The van der Waals surface area contributed by atoms with E-state index in [0.29, 0.717) is 42.5 Å². The Bertz CT molecular complexity index is 1590. The van der Waals surface area contributed by atoms with E-state index in [1.54, 1.807) is 4.52 Å². The number of aromatic nitrogens is 3. The number of carbonyl (C=O) groups excluding carboxylic acids is 1. The fourth-order valence-corrected chi connectivity index (χ4v) is 7.18. The molecule has 224 valence electrons. The highest BCUT2D eigenvalue weighted by Gasteiger charge is 2.36. The molecule has 3 N–H and O–H groups in total. The van der Waals surface area contributed by atoms with E-state index >= 15 is 0 Å². The molecule has 0 aliphatic carbocycles. The molecule has 3 saturated heterocycles. The van der Waals surface area contributed by atoms with Gasteiger partial charge in [-0.2, -0.15) is 4.98 Å². The summed E-state index contributed by atoms with van der Waals surface area (Å²) in [6.07, 6.45) is 8.78. The number of pyridine rings is 1. The number of hydrogen-bond acceptors (Lipinski definition) is 7. The van der Waals surface area contributed by atoms with Crippen molar-refractivity contribution >= 4 is 40.5 Å². The van der Waals surface area contributed by atoms with E-state index in [2.05, 4.69) is 20.6 Å². The molecule has 0 saturated carbocycles. The van der Waals surface area contributed by atoms with Crippen molar-refractivity contribution in [3.8, 4) is 0 Å². The fourth-order valence-electron chi connectivity index (χ4n) is 7.06. The average Bonchev–Trinajstić information content (AvgIpc) is 3.60. The summed E-state index contributed by atoms with van der Waals surface area (Å²) in [6, 6.07) is 19.1. The minimum absolute atomic E-state index is 0.0987. The molecule has 3 aliphatic heterocycles. The van der Waals surface area contributed by atoms with Crippen LogP contribution in [0.2, 0.25) is 5.02 Å². The van der Waals surface area contributed by atoms with Crippen molar-refractivity contribution in [3.63, 3.8) is 0 Å². The van der Waals surface area contributed by atoms with Crippen LogP contribution >= 0.6 is 11.6 Å². The van der Waals surface area contributed by atoms with Crippen molar-refractivity contribution in [1.29, 1.82) is 0 Å². The van der Waals surface area contributed by atoms with E-state index in [0.717, 1.165) is 61.5 Å². The van der Waals surface area contributed by atoms with Crippen molar-refractivity contribution in [3.05, 3.63) is 83.0 Å². The Morgan fingerprint density at radius 1 is 0.907 bits per heavy atom. The zero-order valence-electron chi connectivity index (χ0n) is 24.3. The smallest absolute Gasteiger partial charge is 0.253 e. The largest absolute Gasteiger partial charge is 0.385 e. The van der Waals surface area contributed by atoms with Gasteiger partial charge in [-0.15, -0.1) is 5.10 Å². The van der Waals surface area contributed by atoms with Crippen molar-refractivity contribution in [2.45, 2.75) is 56.1 Å². The minimum atomic E-state index is -0.872. The van der Waals surface area contributed by atoms with Gasteiger partial charge in [0, 0.05) is 54.2 Å². The number of hydrogen-bond donors (Lipinski definition) is 3. The molecule has 10 heteroatoms. The maximum Gasteiger partial charge on any atom is 0.253 e. The average molecular weight is 600 g/mol. The van der Waals surface area contributed by atoms with Gasteiger partial charge >= 0.3 is 0 Å². The second kappa shape index (κ2) is 11.4. The number of nitrogens with zero attached hydrogens (tertiary/aromatic N) is 5. The van der Waals surface area contributed by atoms with E-state index in [1.807, 2.05) is 71.8 Å². The van der Waals surface area contributed by atoms with Gasteiger partial charge < -0.3 is 25.5 Å². The maximum absolute atomic E-state index is 13.3. The second-order valence-electron chi connectivity index (χ2n) is 12.3. The Balaban J connectivity index is 1.01. The molecule has 43 heavy (non-hydrogen) atoms. The Labute approximate surface area is 256 Å². The molecular weight excluding hydrogens is 562 g/mol.